The first-order chi connectivity index (χ1) is 14.7. The first-order valence-corrected chi connectivity index (χ1v) is 11.1. The predicted octanol–water partition coefficient (Wildman–Crippen LogP) is 4.72. The Morgan fingerprint density at radius 2 is 2.13 bits per heavy atom. The van der Waals surface area contributed by atoms with E-state index in [-0.39, 0.29) is 12.2 Å². The summed E-state index contributed by atoms with van der Waals surface area (Å²) in [6.45, 7) is 2.27. The molecule has 1 aliphatic heterocycles. The minimum atomic E-state index is -0.129. The number of fused-ring (bicyclic) bond motifs is 3. The zero-order valence-electron chi connectivity index (χ0n) is 16.2. The van der Waals surface area contributed by atoms with Gasteiger partial charge in [-0.25, -0.2) is 0 Å². The van der Waals surface area contributed by atoms with E-state index in [1.807, 2.05) is 17.4 Å². The molecule has 4 heterocycles. The van der Waals surface area contributed by atoms with E-state index >= 15 is 0 Å². The van der Waals surface area contributed by atoms with Crippen LogP contribution < -0.4 is 15.6 Å². The Morgan fingerprint density at radius 3 is 2.97 bits per heavy atom. The fraction of sp³-hybridized carbons (Fsp3) is 0.217. The predicted molar refractivity (Wildman–Crippen MR) is 121 cm³/mol. The van der Waals surface area contributed by atoms with Gasteiger partial charge in [0.05, 0.1) is 16.4 Å². The number of benzene rings is 1. The van der Waals surface area contributed by atoms with Crippen LogP contribution in [0.25, 0.3) is 15.8 Å². The Bertz CT molecular complexity index is 1260. The lowest BCUT2D eigenvalue weighted by Gasteiger charge is -2.09. The molecule has 5 nitrogen and oxygen atoms in total. The minimum absolute atomic E-state index is 0.129. The Morgan fingerprint density at radius 1 is 1.20 bits per heavy atom. The van der Waals surface area contributed by atoms with Crippen molar-refractivity contribution in [2.24, 2.45) is 0 Å². The summed E-state index contributed by atoms with van der Waals surface area (Å²) < 4.78 is 8.59. The summed E-state index contributed by atoms with van der Waals surface area (Å²) in [6, 6.07) is 13.1. The normalized spacial score (nSPS) is 13.8. The minimum Gasteiger partial charge on any atom is -0.487 e. The summed E-state index contributed by atoms with van der Waals surface area (Å²) in [5, 5.41) is 5.37. The van der Waals surface area contributed by atoms with Gasteiger partial charge in [0.1, 0.15) is 12.4 Å². The largest absolute Gasteiger partial charge is 0.487 e. The molecule has 4 aromatic rings. The van der Waals surface area contributed by atoms with Gasteiger partial charge in [0.2, 0.25) is 0 Å². The number of nitrogens with zero attached hydrogens (tertiary/aromatic N) is 2. The number of pyridine rings is 2. The molecule has 5 rings (SSSR count). The molecule has 0 unspecified atom stereocenters. The molecule has 0 fully saturated rings. The van der Waals surface area contributed by atoms with E-state index in [2.05, 4.69) is 22.4 Å². The molecule has 3 aromatic heterocycles. The number of aromatic nitrogens is 2. The summed E-state index contributed by atoms with van der Waals surface area (Å²) in [6.07, 6.45) is 5.62. The molecule has 0 aliphatic carbocycles. The molecule has 0 saturated heterocycles. The molecule has 0 bridgehead atoms. The average Bonchev–Trinajstić information content (AvgIpc) is 2.93. The highest BCUT2D eigenvalue weighted by Gasteiger charge is 2.15. The zero-order chi connectivity index (χ0) is 20.5. The third kappa shape index (κ3) is 3.86. The van der Waals surface area contributed by atoms with Crippen molar-refractivity contribution in [1.29, 1.82) is 0 Å². The van der Waals surface area contributed by atoms with Gasteiger partial charge in [-0.2, -0.15) is 0 Å². The second-order valence-corrected chi connectivity index (χ2v) is 8.86. The number of halogens is 1. The third-order valence-corrected chi connectivity index (χ3v) is 6.74. The SMILES string of the molecule is O=c1cc(OCc2ccc(Cl)cn2)ccn1-c1ccc2c3c(sc2c1)CCCNC3. The third-order valence-electron chi connectivity index (χ3n) is 5.26. The van der Waals surface area contributed by atoms with Crippen LogP contribution in [0.3, 0.4) is 0 Å². The second kappa shape index (κ2) is 8.22. The highest BCUT2D eigenvalue weighted by atomic mass is 35.5. The molecular formula is C23H20ClN3O2S. The van der Waals surface area contributed by atoms with Crippen LogP contribution in [0, 0.1) is 0 Å². The lowest BCUT2D eigenvalue weighted by atomic mass is 10.1. The van der Waals surface area contributed by atoms with Crippen molar-refractivity contribution in [2.45, 2.75) is 26.0 Å². The monoisotopic (exact) mass is 437 g/mol. The van der Waals surface area contributed by atoms with Gasteiger partial charge in [-0.15, -0.1) is 11.3 Å². The van der Waals surface area contributed by atoms with Crippen LogP contribution in [0.4, 0.5) is 0 Å². The quantitative estimate of drug-likeness (QED) is 0.502. The van der Waals surface area contributed by atoms with Crippen LogP contribution in [-0.4, -0.2) is 16.1 Å². The number of ether oxygens (including phenoxy) is 1. The molecule has 0 spiro atoms. The van der Waals surface area contributed by atoms with Crippen molar-refractivity contribution in [3.05, 3.63) is 86.4 Å². The molecule has 152 valence electrons. The molecule has 0 amide bonds. The van der Waals surface area contributed by atoms with E-state index in [4.69, 9.17) is 16.3 Å². The van der Waals surface area contributed by atoms with E-state index in [1.165, 1.54) is 33.0 Å². The lowest BCUT2D eigenvalue weighted by molar-refractivity contribution is 0.300. The van der Waals surface area contributed by atoms with E-state index in [9.17, 15) is 4.79 Å². The van der Waals surface area contributed by atoms with Gasteiger partial charge in [-0.05, 0) is 60.7 Å². The Labute approximate surface area is 182 Å². The van der Waals surface area contributed by atoms with Crippen molar-refractivity contribution in [3.63, 3.8) is 0 Å². The van der Waals surface area contributed by atoms with E-state index in [0.717, 1.165) is 30.9 Å². The lowest BCUT2D eigenvalue weighted by Crippen LogP contribution is -2.16. The van der Waals surface area contributed by atoms with Gasteiger partial charge in [0, 0.05) is 34.6 Å². The maximum absolute atomic E-state index is 12.7. The maximum Gasteiger partial charge on any atom is 0.258 e. The first kappa shape index (κ1) is 19.3. The second-order valence-electron chi connectivity index (χ2n) is 7.29. The average molecular weight is 438 g/mol. The number of hydrogen-bond donors (Lipinski definition) is 1. The Hall–Kier alpha value is -2.67. The summed E-state index contributed by atoms with van der Waals surface area (Å²) in [7, 11) is 0. The molecule has 7 heteroatoms. The van der Waals surface area contributed by atoms with E-state index in [1.54, 1.807) is 35.2 Å². The van der Waals surface area contributed by atoms with Crippen LogP contribution in [0.1, 0.15) is 22.6 Å². The van der Waals surface area contributed by atoms with Crippen LogP contribution in [0.2, 0.25) is 5.02 Å². The molecule has 1 aliphatic rings. The zero-order valence-corrected chi connectivity index (χ0v) is 17.8. The Kier molecular flexibility index (Phi) is 5.29. The van der Waals surface area contributed by atoms with Gasteiger partial charge >= 0.3 is 0 Å². The maximum atomic E-state index is 12.7. The van der Waals surface area contributed by atoms with Crippen molar-refractivity contribution in [2.75, 3.05) is 6.54 Å². The summed E-state index contributed by atoms with van der Waals surface area (Å²) in [5.41, 5.74) is 2.89. The summed E-state index contributed by atoms with van der Waals surface area (Å²) >= 11 is 7.69. The molecule has 0 saturated carbocycles. The Balaban J connectivity index is 1.39. The van der Waals surface area contributed by atoms with Crippen LogP contribution in [-0.2, 0) is 19.6 Å². The topological polar surface area (TPSA) is 56.1 Å². The highest BCUT2D eigenvalue weighted by molar-refractivity contribution is 7.19. The molecule has 0 atom stereocenters. The summed E-state index contributed by atoms with van der Waals surface area (Å²) in [5.74, 6) is 0.517. The fourth-order valence-electron chi connectivity index (χ4n) is 3.74. The van der Waals surface area contributed by atoms with E-state index in [0.29, 0.717) is 10.8 Å². The van der Waals surface area contributed by atoms with Crippen LogP contribution in [0.5, 0.6) is 5.75 Å². The highest BCUT2D eigenvalue weighted by Crippen LogP contribution is 2.34. The van der Waals surface area contributed by atoms with Gasteiger partial charge in [-0.3, -0.25) is 14.3 Å². The van der Waals surface area contributed by atoms with Gasteiger partial charge in [0.15, 0.2) is 0 Å². The number of aryl methyl sites for hydroxylation is 1. The molecule has 1 N–H and O–H groups in total. The van der Waals surface area contributed by atoms with Gasteiger partial charge < -0.3 is 10.1 Å². The smallest absolute Gasteiger partial charge is 0.258 e. The van der Waals surface area contributed by atoms with Crippen molar-refractivity contribution in [1.82, 2.24) is 14.9 Å². The van der Waals surface area contributed by atoms with Gasteiger partial charge in [0.25, 0.3) is 5.56 Å². The van der Waals surface area contributed by atoms with Crippen molar-refractivity contribution >= 4 is 33.0 Å². The number of hydrogen-bond acceptors (Lipinski definition) is 5. The fourth-order valence-corrected chi connectivity index (χ4v) is 5.15. The first-order valence-electron chi connectivity index (χ1n) is 9.89. The molecule has 1 aromatic carbocycles. The number of rotatable bonds is 4. The standard InChI is InChI=1S/C23H20ClN3O2S/c24-15-3-4-16(26-12-15)14-29-18-7-9-27(23(28)11-18)17-5-6-19-20-13-25-8-1-2-21(20)30-22(19)10-17/h3-7,9-12,25H,1-2,8,13-14H2. The summed E-state index contributed by atoms with van der Waals surface area (Å²) in [4.78, 5) is 18.4. The van der Waals surface area contributed by atoms with Gasteiger partial charge in [-0.1, -0.05) is 17.7 Å². The van der Waals surface area contributed by atoms with Crippen LogP contribution >= 0.6 is 22.9 Å². The number of nitrogens with one attached hydrogen (secondary N) is 1. The van der Waals surface area contributed by atoms with Crippen LogP contribution in [0.15, 0.2) is 59.7 Å². The van der Waals surface area contributed by atoms with Crippen molar-refractivity contribution in [3.8, 4) is 11.4 Å². The van der Waals surface area contributed by atoms with E-state index < -0.39 is 0 Å². The number of thiophene rings is 1. The van der Waals surface area contributed by atoms with Crippen molar-refractivity contribution < 1.29 is 4.74 Å². The molecular weight excluding hydrogens is 418 g/mol. The molecule has 0 radical (unpaired) electrons. The molecule has 30 heavy (non-hydrogen) atoms.